The minimum Gasteiger partial charge on any atom is -0.314 e. The summed E-state index contributed by atoms with van der Waals surface area (Å²) in [7, 11) is 0. The standard InChI is InChI=1S/C14H25NO/c1-12(2)15-11-10-14(16)13-8-6-4-3-5-7-9-13/h8,12,15H,3-7,9-11H2,1-2H3. The van der Waals surface area contributed by atoms with Gasteiger partial charge in [-0.05, 0) is 31.3 Å². The summed E-state index contributed by atoms with van der Waals surface area (Å²) in [5.41, 5.74) is 1.09. The highest BCUT2D eigenvalue weighted by Crippen LogP contribution is 2.18. The molecule has 2 heteroatoms. The van der Waals surface area contributed by atoms with Crippen LogP contribution in [-0.2, 0) is 4.79 Å². The second-order valence-corrected chi connectivity index (χ2v) is 4.96. The van der Waals surface area contributed by atoms with E-state index in [2.05, 4.69) is 25.2 Å². The molecule has 92 valence electrons. The lowest BCUT2D eigenvalue weighted by Crippen LogP contribution is -2.25. The first-order valence-corrected chi connectivity index (χ1v) is 6.66. The molecule has 0 fully saturated rings. The molecule has 0 aromatic heterocycles. The lowest BCUT2D eigenvalue weighted by atomic mass is 9.96. The zero-order valence-electron chi connectivity index (χ0n) is 10.7. The summed E-state index contributed by atoms with van der Waals surface area (Å²) in [6, 6.07) is 0.471. The van der Waals surface area contributed by atoms with E-state index in [9.17, 15) is 4.79 Å². The van der Waals surface area contributed by atoms with Crippen molar-refractivity contribution in [1.82, 2.24) is 5.32 Å². The Morgan fingerprint density at radius 1 is 1.31 bits per heavy atom. The number of ketones is 1. The van der Waals surface area contributed by atoms with Gasteiger partial charge in [-0.1, -0.05) is 32.8 Å². The molecule has 0 aromatic carbocycles. The lowest BCUT2D eigenvalue weighted by molar-refractivity contribution is -0.115. The maximum absolute atomic E-state index is 11.9. The Balaban J connectivity index is 2.33. The molecule has 1 aliphatic rings. The number of carbonyl (C=O) groups is 1. The van der Waals surface area contributed by atoms with Crippen LogP contribution in [-0.4, -0.2) is 18.4 Å². The smallest absolute Gasteiger partial charge is 0.159 e. The van der Waals surface area contributed by atoms with Gasteiger partial charge < -0.3 is 5.32 Å². The Labute approximate surface area is 99.5 Å². The fraction of sp³-hybridized carbons (Fsp3) is 0.786. The maximum Gasteiger partial charge on any atom is 0.159 e. The Kier molecular flexibility index (Phi) is 6.39. The topological polar surface area (TPSA) is 29.1 Å². The van der Waals surface area contributed by atoms with E-state index in [0.29, 0.717) is 18.2 Å². The van der Waals surface area contributed by atoms with Crippen LogP contribution in [0.1, 0.15) is 58.8 Å². The molecule has 0 bridgehead atoms. The Hall–Kier alpha value is -0.630. The van der Waals surface area contributed by atoms with Crippen molar-refractivity contribution in [2.75, 3.05) is 6.54 Å². The third-order valence-electron chi connectivity index (χ3n) is 3.05. The summed E-state index contributed by atoms with van der Waals surface area (Å²) < 4.78 is 0. The van der Waals surface area contributed by atoms with Crippen LogP contribution in [0.3, 0.4) is 0 Å². The zero-order valence-corrected chi connectivity index (χ0v) is 10.7. The predicted molar refractivity (Wildman–Crippen MR) is 68.5 cm³/mol. The highest BCUT2D eigenvalue weighted by Gasteiger charge is 2.10. The van der Waals surface area contributed by atoms with Crippen molar-refractivity contribution in [2.45, 2.75) is 64.8 Å². The van der Waals surface area contributed by atoms with E-state index < -0.39 is 0 Å². The number of hydrogen-bond acceptors (Lipinski definition) is 2. The average molecular weight is 223 g/mol. The summed E-state index contributed by atoms with van der Waals surface area (Å²) in [6.07, 6.45) is 9.98. The maximum atomic E-state index is 11.9. The third-order valence-corrected chi connectivity index (χ3v) is 3.05. The third kappa shape index (κ3) is 5.45. The van der Waals surface area contributed by atoms with Gasteiger partial charge in [0.1, 0.15) is 0 Å². The fourth-order valence-corrected chi connectivity index (χ4v) is 2.08. The first-order valence-electron chi connectivity index (χ1n) is 6.66. The summed E-state index contributed by atoms with van der Waals surface area (Å²) in [6.45, 7) is 5.03. The van der Waals surface area contributed by atoms with Gasteiger partial charge in [0, 0.05) is 19.0 Å². The van der Waals surface area contributed by atoms with E-state index in [4.69, 9.17) is 0 Å². The van der Waals surface area contributed by atoms with E-state index in [1.54, 1.807) is 0 Å². The van der Waals surface area contributed by atoms with E-state index in [1.165, 1.54) is 25.7 Å². The lowest BCUT2D eigenvalue weighted by Gasteiger charge is -2.11. The van der Waals surface area contributed by atoms with Gasteiger partial charge in [0.05, 0.1) is 0 Å². The van der Waals surface area contributed by atoms with Gasteiger partial charge in [0.2, 0.25) is 0 Å². The van der Waals surface area contributed by atoms with Crippen LogP contribution in [0, 0.1) is 0 Å². The van der Waals surface area contributed by atoms with Gasteiger partial charge in [0.25, 0.3) is 0 Å². The van der Waals surface area contributed by atoms with E-state index in [0.717, 1.165) is 25.0 Å². The normalized spacial score (nSPS) is 17.8. The monoisotopic (exact) mass is 223 g/mol. The van der Waals surface area contributed by atoms with Crippen molar-refractivity contribution in [1.29, 1.82) is 0 Å². The van der Waals surface area contributed by atoms with Gasteiger partial charge in [-0.2, -0.15) is 0 Å². The van der Waals surface area contributed by atoms with E-state index in [1.807, 2.05) is 0 Å². The van der Waals surface area contributed by atoms with Crippen molar-refractivity contribution in [2.24, 2.45) is 0 Å². The van der Waals surface area contributed by atoms with E-state index >= 15 is 0 Å². The molecule has 0 aromatic rings. The van der Waals surface area contributed by atoms with Crippen LogP contribution >= 0.6 is 0 Å². The highest BCUT2D eigenvalue weighted by molar-refractivity contribution is 5.95. The number of hydrogen-bond donors (Lipinski definition) is 1. The van der Waals surface area contributed by atoms with E-state index in [-0.39, 0.29) is 0 Å². The number of rotatable bonds is 5. The molecular formula is C14H25NO. The van der Waals surface area contributed by atoms with Crippen LogP contribution in [0.4, 0.5) is 0 Å². The summed E-state index contributed by atoms with van der Waals surface area (Å²) in [5.74, 6) is 0.357. The zero-order chi connectivity index (χ0) is 11.8. The Bertz CT molecular complexity index is 243. The molecule has 0 amide bonds. The molecule has 0 aliphatic heterocycles. The van der Waals surface area contributed by atoms with Crippen molar-refractivity contribution in [3.8, 4) is 0 Å². The minimum absolute atomic E-state index is 0.357. The summed E-state index contributed by atoms with van der Waals surface area (Å²) in [4.78, 5) is 11.9. The molecule has 0 saturated heterocycles. The molecule has 1 rings (SSSR count). The van der Waals surface area contributed by atoms with Gasteiger partial charge in [-0.25, -0.2) is 0 Å². The average Bonchev–Trinajstić information content (AvgIpc) is 2.15. The van der Waals surface area contributed by atoms with Crippen LogP contribution in [0.2, 0.25) is 0 Å². The molecule has 0 radical (unpaired) electrons. The number of carbonyl (C=O) groups excluding carboxylic acids is 1. The molecule has 0 unspecified atom stereocenters. The molecule has 1 N–H and O–H groups in total. The van der Waals surface area contributed by atoms with Gasteiger partial charge >= 0.3 is 0 Å². The summed E-state index contributed by atoms with van der Waals surface area (Å²) in [5, 5.41) is 3.30. The van der Waals surface area contributed by atoms with Crippen molar-refractivity contribution < 1.29 is 4.79 Å². The molecule has 0 atom stereocenters. The predicted octanol–water partition coefficient (Wildman–Crippen LogP) is 3.22. The second kappa shape index (κ2) is 7.61. The molecular weight excluding hydrogens is 198 g/mol. The largest absolute Gasteiger partial charge is 0.314 e. The number of nitrogens with one attached hydrogen (secondary N) is 1. The van der Waals surface area contributed by atoms with Gasteiger partial charge in [-0.15, -0.1) is 0 Å². The molecule has 16 heavy (non-hydrogen) atoms. The first-order chi connectivity index (χ1) is 7.70. The number of Topliss-reactive ketones (excluding diaryl/α,β-unsaturated/α-hetero) is 1. The Morgan fingerprint density at radius 3 is 2.81 bits per heavy atom. The number of allylic oxidation sites excluding steroid dienone is 2. The van der Waals surface area contributed by atoms with Crippen LogP contribution in [0.25, 0.3) is 0 Å². The SMILES string of the molecule is CC(C)NCCC(=O)C1=CCCCCCC1. The van der Waals surface area contributed by atoms with Crippen LogP contribution in [0.15, 0.2) is 11.6 Å². The second-order valence-electron chi connectivity index (χ2n) is 4.96. The molecule has 0 spiro atoms. The summed E-state index contributed by atoms with van der Waals surface area (Å²) >= 11 is 0. The van der Waals surface area contributed by atoms with Crippen LogP contribution in [0.5, 0.6) is 0 Å². The fourth-order valence-electron chi connectivity index (χ4n) is 2.08. The molecule has 1 aliphatic carbocycles. The van der Waals surface area contributed by atoms with Crippen LogP contribution < -0.4 is 5.32 Å². The van der Waals surface area contributed by atoms with Gasteiger partial charge in [-0.3, -0.25) is 4.79 Å². The molecule has 0 heterocycles. The van der Waals surface area contributed by atoms with Crippen molar-refractivity contribution >= 4 is 5.78 Å². The molecule has 2 nitrogen and oxygen atoms in total. The van der Waals surface area contributed by atoms with Crippen molar-refractivity contribution in [3.63, 3.8) is 0 Å². The van der Waals surface area contributed by atoms with Gasteiger partial charge in [0.15, 0.2) is 5.78 Å². The first kappa shape index (κ1) is 13.4. The highest BCUT2D eigenvalue weighted by atomic mass is 16.1. The quantitative estimate of drug-likeness (QED) is 0.775. The van der Waals surface area contributed by atoms with Crippen molar-refractivity contribution in [3.05, 3.63) is 11.6 Å². The molecule has 0 saturated carbocycles. The minimum atomic E-state index is 0.357. The Morgan fingerprint density at radius 2 is 2.06 bits per heavy atom.